The highest BCUT2D eigenvalue weighted by Gasteiger charge is 2.59. The third-order valence-corrected chi connectivity index (χ3v) is 6.81. The van der Waals surface area contributed by atoms with Gasteiger partial charge in [0.25, 0.3) is 0 Å². The zero-order valence-electron chi connectivity index (χ0n) is 17.4. The molecule has 3 aliphatic rings. The van der Waals surface area contributed by atoms with Gasteiger partial charge >= 0.3 is 0 Å². The van der Waals surface area contributed by atoms with Crippen LogP contribution in [0.2, 0.25) is 0 Å². The number of carbonyl (C=O) groups is 2. The quantitative estimate of drug-likeness (QED) is 0.464. The molecule has 0 aliphatic heterocycles. The topological polar surface area (TPSA) is 91.0 Å². The van der Waals surface area contributed by atoms with Crippen LogP contribution >= 0.6 is 12.4 Å². The molecule has 3 aliphatic carbocycles. The van der Waals surface area contributed by atoms with E-state index in [2.05, 4.69) is 26.7 Å². The highest BCUT2D eigenvalue weighted by atomic mass is 35.5. The number of hydrogen-bond donors (Lipinski definition) is 1. The van der Waals surface area contributed by atoms with Gasteiger partial charge in [0.2, 0.25) is 5.70 Å². The van der Waals surface area contributed by atoms with Crippen molar-refractivity contribution < 1.29 is 9.59 Å². The van der Waals surface area contributed by atoms with E-state index >= 15 is 0 Å². The van der Waals surface area contributed by atoms with E-state index in [0.717, 1.165) is 5.57 Å². The summed E-state index contributed by atoms with van der Waals surface area (Å²) >= 11 is 0. The van der Waals surface area contributed by atoms with Gasteiger partial charge in [0, 0.05) is 23.2 Å². The number of ketones is 2. The molecular weight excluding hydrogens is 424 g/mol. The zero-order valence-corrected chi connectivity index (χ0v) is 18.3. The van der Waals surface area contributed by atoms with Crippen LogP contribution in [0.25, 0.3) is 4.85 Å². The lowest BCUT2D eigenvalue weighted by Gasteiger charge is -2.56. The van der Waals surface area contributed by atoms with Crippen LogP contribution in [0.4, 0.5) is 0 Å². The van der Waals surface area contributed by atoms with E-state index in [-0.39, 0.29) is 48.6 Å². The third-order valence-electron chi connectivity index (χ3n) is 6.81. The van der Waals surface area contributed by atoms with Gasteiger partial charge in [-0.15, -0.1) is 12.4 Å². The number of allylic oxidation sites excluding steroid dienone is 6. The molecule has 3 atom stereocenters. The van der Waals surface area contributed by atoms with Gasteiger partial charge in [-0.1, -0.05) is 40.2 Å². The van der Waals surface area contributed by atoms with Crippen molar-refractivity contribution in [2.45, 2.75) is 41.0 Å². The summed E-state index contributed by atoms with van der Waals surface area (Å²) in [6.07, 6.45) is 9.41. The predicted octanol–water partition coefficient (Wildman–Crippen LogP) is 4.59. The van der Waals surface area contributed by atoms with Crippen LogP contribution in [0, 0.1) is 51.9 Å². The van der Waals surface area contributed by atoms with E-state index in [4.69, 9.17) is 6.57 Å². The molecule has 1 aromatic rings. The Morgan fingerprint density at radius 3 is 2.59 bits per heavy atom. The number of aromatic amines is 1. The molecule has 7 heteroatoms. The number of carbonyl (C=O) groups excluding carboxylic acids is 2. The number of imidazole rings is 1. The van der Waals surface area contributed by atoms with Gasteiger partial charge in [-0.3, -0.25) is 4.79 Å². The minimum Gasteiger partial charge on any atom is -0.338 e. The molecular formula is C25H25ClN4O2. The predicted molar refractivity (Wildman–Crippen MR) is 123 cm³/mol. The van der Waals surface area contributed by atoms with E-state index < -0.39 is 16.2 Å². The monoisotopic (exact) mass is 448 g/mol. The molecule has 0 amide bonds. The molecule has 0 aromatic carbocycles. The van der Waals surface area contributed by atoms with Crippen LogP contribution in [0.5, 0.6) is 0 Å². The lowest BCUT2D eigenvalue weighted by Crippen LogP contribution is -2.53. The van der Waals surface area contributed by atoms with E-state index in [9.17, 15) is 14.9 Å². The first kappa shape index (κ1) is 24.9. The smallest absolute Gasteiger partial charge is 0.226 e. The first-order chi connectivity index (χ1) is 14.2. The summed E-state index contributed by atoms with van der Waals surface area (Å²) in [6, 6.07) is 1.99. The molecule has 1 N–H and O–H groups in total. The fraction of sp³-hybridized carbons (Fsp3) is 0.400. The Bertz CT molecular complexity index is 1210. The Kier molecular flexibility index (Phi) is 6.42. The molecule has 1 heterocycles. The molecule has 4 rings (SSSR count). The fourth-order valence-electron chi connectivity index (χ4n) is 5.40. The Hall–Kier alpha value is -3.40. The van der Waals surface area contributed by atoms with Gasteiger partial charge in [-0.2, -0.15) is 5.26 Å². The molecule has 0 unspecified atom stereocenters. The highest BCUT2D eigenvalue weighted by molar-refractivity contribution is 6.09. The number of rotatable bonds is 0. The number of nitrogens with zero attached hydrogens (tertiary/aromatic N) is 3. The first-order valence-corrected chi connectivity index (χ1v) is 9.75. The van der Waals surface area contributed by atoms with Crippen molar-refractivity contribution in [2.75, 3.05) is 0 Å². The maximum atomic E-state index is 12.9. The number of nitriles is 1. The van der Waals surface area contributed by atoms with Gasteiger partial charge in [0.15, 0.2) is 17.4 Å². The number of hydrogen-bond acceptors (Lipinski definition) is 4. The number of fused-ring (bicyclic) bond motifs is 3. The Morgan fingerprint density at radius 2 is 2.00 bits per heavy atom. The maximum absolute atomic E-state index is 12.9. The van der Waals surface area contributed by atoms with Crippen LogP contribution in [0.3, 0.4) is 0 Å². The van der Waals surface area contributed by atoms with E-state index in [1.165, 1.54) is 6.08 Å². The Morgan fingerprint density at radius 1 is 1.28 bits per heavy atom. The highest BCUT2D eigenvalue weighted by Crippen LogP contribution is 2.63. The van der Waals surface area contributed by atoms with E-state index in [1.54, 1.807) is 24.5 Å². The normalized spacial score (nSPS) is 29.5. The van der Waals surface area contributed by atoms with Gasteiger partial charge in [-0.25, -0.2) is 9.83 Å². The van der Waals surface area contributed by atoms with Crippen molar-refractivity contribution in [1.82, 2.24) is 9.97 Å². The number of nitrogens with one attached hydrogen (secondary N) is 1. The Labute approximate surface area is 194 Å². The second-order valence-electron chi connectivity index (χ2n) is 8.82. The van der Waals surface area contributed by atoms with Crippen LogP contribution in [0.15, 0.2) is 47.5 Å². The summed E-state index contributed by atoms with van der Waals surface area (Å²) < 4.78 is 0. The molecule has 0 saturated heterocycles. The van der Waals surface area contributed by atoms with Gasteiger partial charge < -0.3 is 9.78 Å². The van der Waals surface area contributed by atoms with Crippen molar-refractivity contribution in [2.24, 2.45) is 22.2 Å². The van der Waals surface area contributed by atoms with E-state index in [1.807, 2.05) is 26.8 Å². The molecule has 1 aromatic heterocycles. The minimum atomic E-state index is -0.836. The van der Waals surface area contributed by atoms with Crippen molar-refractivity contribution in [3.8, 4) is 17.9 Å². The summed E-state index contributed by atoms with van der Waals surface area (Å²) in [7, 11) is 0. The molecule has 6 nitrogen and oxygen atoms in total. The van der Waals surface area contributed by atoms with Crippen LogP contribution in [-0.4, -0.2) is 21.5 Å². The average Bonchev–Trinajstić information content (AvgIpc) is 3.23. The number of halogens is 1. The van der Waals surface area contributed by atoms with Crippen molar-refractivity contribution in [3.05, 3.63) is 64.7 Å². The average molecular weight is 449 g/mol. The number of aromatic nitrogens is 2. The van der Waals surface area contributed by atoms with E-state index in [0.29, 0.717) is 18.7 Å². The van der Waals surface area contributed by atoms with Gasteiger partial charge in [-0.05, 0) is 42.4 Å². The van der Waals surface area contributed by atoms with Crippen molar-refractivity contribution in [1.29, 1.82) is 5.26 Å². The summed E-state index contributed by atoms with van der Waals surface area (Å²) in [5, 5.41) is 9.48. The fourth-order valence-corrected chi connectivity index (χ4v) is 5.40. The largest absolute Gasteiger partial charge is 0.338 e. The summed E-state index contributed by atoms with van der Waals surface area (Å²) in [5.74, 6) is 6.20. The number of H-pyrrole nitrogens is 1. The van der Waals surface area contributed by atoms with Gasteiger partial charge in [0.05, 0.1) is 17.6 Å². The van der Waals surface area contributed by atoms with Crippen LogP contribution in [-0.2, 0) is 9.59 Å². The maximum Gasteiger partial charge on any atom is 0.226 e. The molecule has 32 heavy (non-hydrogen) atoms. The molecule has 1 saturated carbocycles. The lowest BCUT2D eigenvalue weighted by atomic mass is 9.46. The van der Waals surface area contributed by atoms with Gasteiger partial charge in [0.1, 0.15) is 6.07 Å². The second-order valence-corrected chi connectivity index (χ2v) is 8.82. The molecule has 0 spiro atoms. The number of Topliss-reactive ketones (excluding diaryl/α,β-unsaturated/α-hetero) is 1. The summed E-state index contributed by atoms with van der Waals surface area (Å²) in [6.45, 7) is 13.2. The molecule has 0 radical (unpaired) electrons. The van der Waals surface area contributed by atoms with Crippen molar-refractivity contribution in [3.63, 3.8) is 0 Å². The summed E-state index contributed by atoms with van der Waals surface area (Å²) in [4.78, 5) is 36.1. The SMILES string of the molecule is C.Cl.[C-]#[N+]C1=C[C@]2(C)C3=CC(=O)C(C#N)=C[C@]3(C#Cc3ncc[nH]3)CC[C@H]2C(C)(C)C1=O. The zero-order chi connectivity index (χ0) is 21.7. The third kappa shape index (κ3) is 3.40. The minimum absolute atomic E-state index is 0. The van der Waals surface area contributed by atoms with Crippen molar-refractivity contribution >= 4 is 24.0 Å². The standard InChI is InChI=1S/C24H20N4O2.CH4.ClH/c1-22(2)18-5-7-24(8-6-20-27-9-10-28-20)12-15(14-25)17(29)11-19(24)23(18,3)13-16(26-4)21(22)30;;/h9-13,18H,5,7H2,1-3H3,(H,27,28);1H4;1H/t18-,23-,24+;;/m0../s1. The molecule has 0 bridgehead atoms. The molecule has 164 valence electrons. The second kappa shape index (κ2) is 8.27. The first-order valence-electron chi connectivity index (χ1n) is 9.75. The van der Waals surface area contributed by atoms with Crippen LogP contribution in [0.1, 0.15) is 46.9 Å². The Balaban J connectivity index is 0.00000181. The lowest BCUT2D eigenvalue weighted by molar-refractivity contribution is -0.130. The molecule has 1 fully saturated rings. The van der Waals surface area contributed by atoms with Crippen LogP contribution < -0.4 is 0 Å². The summed E-state index contributed by atoms with van der Waals surface area (Å²) in [5.41, 5.74) is -1.38.